The SMILES string of the molecule is CC(=O)O[C@@H]1[C@H](OC(=O)c2ccccc2)[C@@H](OC(C)=O)C(COC(=O)c2ccccc2)=C[C@H]1OC(C)=O. The monoisotopic (exact) mass is 510 g/mol. The van der Waals surface area contributed by atoms with Crippen LogP contribution in [0.25, 0.3) is 0 Å². The summed E-state index contributed by atoms with van der Waals surface area (Å²) in [6, 6.07) is 16.2. The highest BCUT2D eigenvalue weighted by molar-refractivity contribution is 5.90. The van der Waals surface area contributed by atoms with Crippen LogP contribution in [0.3, 0.4) is 0 Å². The molecular formula is C27H26O10. The summed E-state index contributed by atoms with van der Waals surface area (Å²) in [6.07, 6.45) is -3.97. The summed E-state index contributed by atoms with van der Waals surface area (Å²) in [7, 11) is 0. The van der Waals surface area contributed by atoms with Crippen molar-refractivity contribution in [2.45, 2.75) is 45.2 Å². The number of hydrogen-bond acceptors (Lipinski definition) is 10. The molecule has 0 unspecified atom stereocenters. The quantitative estimate of drug-likeness (QED) is 0.297. The zero-order valence-corrected chi connectivity index (χ0v) is 20.4. The highest BCUT2D eigenvalue weighted by atomic mass is 16.6. The smallest absolute Gasteiger partial charge is 0.338 e. The van der Waals surface area contributed by atoms with E-state index in [1.807, 2.05) is 0 Å². The number of rotatable bonds is 8. The molecule has 37 heavy (non-hydrogen) atoms. The first kappa shape index (κ1) is 27.1. The maximum Gasteiger partial charge on any atom is 0.338 e. The van der Waals surface area contributed by atoms with Gasteiger partial charge in [-0.05, 0) is 30.3 Å². The fourth-order valence-electron chi connectivity index (χ4n) is 3.74. The van der Waals surface area contributed by atoms with E-state index in [0.717, 1.165) is 20.8 Å². The van der Waals surface area contributed by atoms with Crippen LogP contribution in [-0.4, -0.2) is 60.9 Å². The number of carbonyl (C=O) groups excluding carboxylic acids is 5. The minimum absolute atomic E-state index is 0.167. The lowest BCUT2D eigenvalue weighted by atomic mass is 9.88. The van der Waals surface area contributed by atoms with Gasteiger partial charge in [0.2, 0.25) is 0 Å². The lowest BCUT2D eigenvalue weighted by Crippen LogP contribution is -2.55. The molecule has 1 aliphatic carbocycles. The fourth-order valence-corrected chi connectivity index (χ4v) is 3.74. The number of carbonyl (C=O) groups is 5. The standard InChI is InChI=1S/C27H26O10/c1-16(28)34-22-14-21(15-33-26(31)19-10-6-4-7-11-19)23(35-17(2)29)25(24(22)36-18(3)30)37-27(32)20-12-8-5-9-13-20/h4-14,22-25H,15H2,1-3H3/t22-,23+,24+,25-/m1/s1. The lowest BCUT2D eigenvalue weighted by Gasteiger charge is -2.39. The topological polar surface area (TPSA) is 132 Å². The molecule has 3 rings (SSSR count). The van der Waals surface area contributed by atoms with Gasteiger partial charge >= 0.3 is 29.8 Å². The van der Waals surface area contributed by atoms with Gasteiger partial charge in [-0.1, -0.05) is 36.4 Å². The van der Waals surface area contributed by atoms with E-state index in [9.17, 15) is 24.0 Å². The Morgan fingerprint density at radius 3 is 1.65 bits per heavy atom. The minimum Gasteiger partial charge on any atom is -0.457 e. The first-order valence-corrected chi connectivity index (χ1v) is 11.4. The molecule has 0 radical (unpaired) electrons. The maximum absolute atomic E-state index is 12.9. The van der Waals surface area contributed by atoms with Gasteiger partial charge in [0.05, 0.1) is 11.1 Å². The molecule has 0 heterocycles. The first-order chi connectivity index (χ1) is 17.7. The van der Waals surface area contributed by atoms with Gasteiger partial charge in [-0.2, -0.15) is 0 Å². The molecule has 0 amide bonds. The molecule has 1 aliphatic rings. The van der Waals surface area contributed by atoms with E-state index >= 15 is 0 Å². The summed E-state index contributed by atoms with van der Waals surface area (Å²) in [5.74, 6) is -3.66. The molecule has 0 saturated carbocycles. The van der Waals surface area contributed by atoms with Gasteiger partial charge in [0, 0.05) is 26.3 Å². The van der Waals surface area contributed by atoms with Crippen LogP contribution >= 0.6 is 0 Å². The molecule has 0 bridgehead atoms. The van der Waals surface area contributed by atoms with E-state index in [1.165, 1.54) is 18.2 Å². The predicted molar refractivity (Wildman–Crippen MR) is 127 cm³/mol. The van der Waals surface area contributed by atoms with Crippen LogP contribution in [-0.2, 0) is 38.1 Å². The van der Waals surface area contributed by atoms with Gasteiger partial charge in [0.1, 0.15) is 6.61 Å². The Bertz CT molecular complexity index is 1170. The molecule has 4 atom stereocenters. The average molecular weight is 510 g/mol. The molecule has 0 fully saturated rings. The second kappa shape index (κ2) is 12.5. The highest BCUT2D eigenvalue weighted by Crippen LogP contribution is 2.31. The number of hydrogen-bond donors (Lipinski definition) is 0. The number of esters is 5. The van der Waals surface area contributed by atoms with Gasteiger partial charge < -0.3 is 23.7 Å². The predicted octanol–water partition coefficient (Wildman–Crippen LogP) is 2.80. The third-order valence-corrected chi connectivity index (χ3v) is 5.22. The molecule has 2 aromatic carbocycles. The molecule has 0 aliphatic heterocycles. The van der Waals surface area contributed by atoms with Crippen molar-refractivity contribution >= 4 is 29.8 Å². The van der Waals surface area contributed by atoms with Crippen LogP contribution in [0.4, 0.5) is 0 Å². The summed E-state index contributed by atoms with van der Waals surface area (Å²) in [5.41, 5.74) is 0.630. The Balaban J connectivity index is 1.99. The third-order valence-electron chi connectivity index (χ3n) is 5.22. The lowest BCUT2D eigenvalue weighted by molar-refractivity contribution is -0.184. The van der Waals surface area contributed by atoms with Crippen molar-refractivity contribution in [1.82, 2.24) is 0 Å². The first-order valence-electron chi connectivity index (χ1n) is 11.4. The van der Waals surface area contributed by atoms with Crippen molar-refractivity contribution in [3.05, 3.63) is 83.4 Å². The van der Waals surface area contributed by atoms with E-state index in [4.69, 9.17) is 23.7 Å². The van der Waals surface area contributed by atoms with Gasteiger partial charge in [-0.3, -0.25) is 14.4 Å². The Kier molecular flexibility index (Phi) is 9.15. The van der Waals surface area contributed by atoms with Gasteiger partial charge in [0.25, 0.3) is 0 Å². The second-order valence-electron chi connectivity index (χ2n) is 8.10. The van der Waals surface area contributed by atoms with E-state index in [2.05, 4.69) is 0 Å². The summed E-state index contributed by atoms with van der Waals surface area (Å²) in [6.45, 7) is 3.03. The van der Waals surface area contributed by atoms with Gasteiger partial charge in [-0.15, -0.1) is 0 Å². The normalized spacial score (nSPS) is 20.6. The van der Waals surface area contributed by atoms with E-state index in [0.29, 0.717) is 0 Å². The van der Waals surface area contributed by atoms with E-state index in [1.54, 1.807) is 48.5 Å². The summed E-state index contributed by atoms with van der Waals surface area (Å²) < 4.78 is 27.2. The van der Waals surface area contributed by atoms with Crippen molar-refractivity contribution in [2.24, 2.45) is 0 Å². The molecule has 0 N–H and O–H groups in total. The van der Waals surface area contributed by atoms with Crippen molar-refractivity contribution in [3.63, 3.8) is 0 Å². The molecule has 2 aromatic rings. The zero-order valence-electron chi connectivity index (χ0n) is 20.4. The molecule has 0 aromatic heterocycles. The molecule has 194 valence electrons. The van der Waals surface area contributed by atoms with Crippen LogP contribution in [0.2, 0.25) is 0 Å². The van der Waals surface area contributed by atoms with Crippen molar-refractivity contribution in [2.75, 3.05) is 6.61 Å². The summed E-state index contributed by atoms with van der Waals surface area (Å²) in [5, 5.41) is 0. The maximum atomic E-state index is 12.9. The molecule has 10 heteroatoms. The zero-order chi connectivity index (χ0) is 26.9. The third kappa shape index (κ3) is 7.50. The largest absolute Gasteiger partial charge is 0.457 e. The average Bonchev–Trinajstić information content (AvgIpc) is 2.86. The molecular weight excluding hydrogens is 484 g/mol. The second-order valence-corrected chi connectivity index (χ2v) is 8.10. The van der Waals surface area contributed by atoms with Crippen LogP contribution in [0.15, 0.2) is 72.3 Å². The van der Waals surface area contributed by atoms with E-state index < -0.39 is 60.9 Å². The van der Waals surface area contributed by atoms with E-state index in [-0.39, 0.29) is 16.7 Å². The van der Waals surface area contributed by atoms with Crippen LogP contribution in [0.1, 0.15) is 41.5 Å². The molecule has 10 nitrogen and oxygen atoms in total. The minimum atomic E-state index is -1.43. The number of ether oxygens (including phenoxy) is 5. The van der Waals surface area contributed by atoms with Crippen molar-refractivity contribution < 1.29 is 47.7 Å². The van der Waals surface area contributed by atoms with Crippen molar-refractivity contribution in [3.8, 4) is 0 Å². The number of benzene rings is 2. The van der Waals surface area contributed by atoms with Gasteiger partial charge in [0.15, 0.2) is 24.4 Å². The molecule has 0 spiro atoms. The van der Waals surface area contributed by atoms with Gasteiger partial charge in [-0.25, -0.2) is 9.59 Å². The summed E-state index contributed by atoms with van der Waals surface area (Å²) >= 11 is 0. The Hall–Kier alpha value is -4.47. The fraction of sp³-hybridized carbons (Fsp3) is 0.296. The summed E-state index contributed by atoms with van der Waals surface area (Å²) in [4.78, 5) is 61.3. The van der Waals surface area contributed by atoms with Crippen molar-refractivity contribution in [1.29, 1.82) is 0 Å². The Morgan fingerprint density at radius 1 is 0.622 bits per heavy atom. The Labute approximate surface area is 213 Å². The van der Waals surface area contributed by atoms with Crippen LogP contribution < -0.4 is 0 Å². The highest BCUT2D eigenvalue weighted by Gasteiger charge is 2.48. The molecule has 0 saturated heterocycles. The Morgan fingerprint density at radius 2 is 1.14 bits per heavy atom. The van der Waals surface area contributed by atoms with Crippen LogP contribution in [0, 0.1) is 0 Å². The van der Waals surface area contributed by atoms with Crippen LogP contribution in [0.5, 0.6) is 0 Å².